The Morgan fingerprint density at radius 1 is 1.21 bits per heavy atom. The van der Waals surface area contributed by atoms with E-state index >= 15 is 0 Å². The minimum atomic E-state index is -0.296. The van der Waals surface area contributed by atoms with Crippen molar-refractivity contribution in [2.45, 2.75) is 0 Å². The van der Waals surface area contributed by atoms with Crippen LogP contribution in [0.4, 0.5) is 15.2 Å². The van der Waals surface area contributed by atoms with Crippen molar-refractivity contribution in [1.29, 1.82) is 0 Å². The van der Waals surface area contributed by atoms with Crippen LogP contribution >= 0.6 is 38.9 Å². The Hall–Kier alpha value is -1.17. The summed E-state index contributed by atoms with van der Waals surface area (Å²) in [5, 5.41) is 4.45. The highest BCUT2D eigenvalue weighted by Gasteiger charge is 2.07. The second kappa shape index (κ2) is 5.07. The molecule has 0 unspecified atom stereocenters. The lowest BCUT2D eigenvalue weighted by Gasteiger charge is -2.04. The van der Waals surface area contributed by atoms with Crippen molar-refractivity contribution in [3.8, 4) is 0 Å². The summed E-state index contributed by atoms with van der Waals surface area (Å²) in [6.07, 6.45) is 0. The summed E-state index contributed by atoms with van der Waals surface area (Å²) in [5.74, 6) is -0.296. The maximum atomic E-state index is 13.2. The van der Waals surface area contributed by atoms with Crippen molar-refractivity contribution in [2.75, 3.05) is 5.32 Å². The van der Waals surface area contributed by atoms with E-state index < -0.39 is 0 Å². The summed E-state index contributed by atoms with van der Waals surface area (Å²) < 4.78 is 15.0. The number of aromatic nitrogens is 1. The zero-order valence-electron chi connectivity index (χ0n) is 9.45. The van der Waals surface area contributed by atoms with Gasteiger partial charge in [-0.15, -0.1) is 0 Å². The fourth-order valence-electron chi connectivity index (χ4n) is 1.66. The van der Waals surface area contributed by atoms with E-state index in [9.17, 15) is 4.39 Å². The van der Waals surface area contributed by atoms with Crippen LogP contribution in [0, 0.1) is 5.82 Å². The Kier molecular flexibility index (Phi) is 3.43. The van der Waals surface area contributed by atoms with E-state index in [2.05, 4.69) is 26.2 Å². The van der Waals surface area contributed by atoms with Gasteiger partial charge in [-0.3, -0.25) is 0 Å². The standard InChI is InChI=1S/C13H7BrClFN2S/c14-9-3-2-8(16)6-10(9)17-13-18-11-5-7(15)1-4-12(11)19-13/h1-6H,(H,17,18). The fraction of sp³-hybridized carbons (Fsp3) is 0. The first-order chi connectivity index (χ1) is 9.11. The SMILES string of the molecule is Fc1ccc(Br)c(Nc2nc3cc(Cl)ccc3s2)c1. The fourth-order valence-corrected chi connectivity index (χ4v) is 3.03. The smallest absolute Gasteiger partial charge is 0.188 e. The van der Waals surface area contributed by atoms with Crippen molar-refractivity contribution in [3.05, 3.63) is 51.7 Å². The van der Waals surface area contributed by atoms with Crippen molar-refractivity contribution >= 4 is 59.9 Å². The highest BCUT2D eigenvalue weighted by atomic mass is 79.9. The van der Waals surface area contributed by atoms with Gasteiger partial charge in [-0.25, -0.2) is 9.37 Å². The molecule has 3 aromatic rings. The van der Waals surface area contributed by atoms with Gasteiger partial charge in [-0.05, 0) is 52.3 Å². The number of nitrogens with one attached hydrogen (secondary N) is 1. The number of hydrogen-bond acceptors (Lipinski definition) is 3. The number of anilines is 2. The largest absolute Gasteiger partial charge is 0.330 e. The van der Waals surface area contributed by atoms with Gasteiger partial charge in [0.05, 0.1) is 15.9 Å². The number of thiazole rings is 1. The molecule has 1 heterocycles. The van der Waals surface area contributed by atoms with Crippen molar-refractivity contribution in [2.24, 2.45) is 0 Å². The number of hydrogen-bond donors (Lipinski definition) is 1. The van der Waals surface area contributed by atoms with Crippen LogP contribution in [-0.4, -0.2) is 4.98 Å². The van der Waals surface area contributed by atoms with Crippen LogP contribution in [0.2, 0.25) is 5.02 Å². The molecule has 96 valence electrons. The second-order valence-electron chi connectivity index (χ2n) is 3.88. The number of nitrogens with zero attached hydrogens (tertiary/aromatic N) is 1. The summed E-state index contributed by atoms with van der Waals surface area (Å²) in [5.41, 5.74) is 1.47. The molecule has 0 amide bonds. The first kappa shape index (κ1) is 12.8. The molecular weight excluding hydrogens is 351 g/mol. The lowest BCUT2D eigenvalue weighted by molar-refractivity contribution is 0.628. The molecule has 1 aromatic heterocycles. The minimum Gasteiger partial charge on any atom is -0.330 e. The highest BCUT2D eigenvalue weighted by Crippen LogP contribution is 2.32. The average molecular weight is 358 g/mol. The molecule has 0 spiro atoms. The molecule has 0 bridgehead atoms. The molecule has 0 atom stereocenters. The highest BCUT2D eigenvalue weighted by molar-refractivity contribution is 9.10. The minimum absolute atomic E-state index is 0.296. The summed E-state index contributed by atoms with van der Waals surface area (Å²) in [6, 6.07) is 10.0. The Balaban J connectivity index is 1.98. The molecule has 0 saturated heterocycles. The van der Waals surface area contributed by atoms with E-state index in [4.69, 9.17) is 11.6 Å². The molecule has 19 heavy (non-hydrogen) atoms. The van der Waals surface area contributed by atoms with E-state index in [1.807, 2.05) is 12.1 Å². The van der Waals surface area contributed by atoms with E-state index in [-0.39, 0.29) is 5.82 Å². The molecule has 0 saturated carbocycles. The predicted octanol–water partition coefficient (Wildman–Crippen LogP) is 5.59. The van der Waals surface area contributed by atoms with Crippen LogP contribution in [-0.2, 0) is 0 Å². The molecule has 2 aromatic carbocycles. The lowest BCUT2D eigenvalue weighted by Crippen LogP contribution is -1.91. The quantitative estimate of drug-likeness (QED) is 0.646. The van der Waals surface area contributed by atoms with Crippen LogP contribution in [0.5, 0.6) is 0 Å². The maximum absolute atomic E-state index is 13.2. The van der Waals surface area contributed by atoms with Gasteiger partial charge in [0.2, 0.25) is 0 Å². The predicted molar refractivity (Wildman–Crippen MR) is 82.0 cm³/mol. The third-order valence-corrected chi connectivity index (χ3v) is 4.40. The van der Waals surface area contributed by atoms with E-state index in [0.717, 1.165) is 14.7 Å². The number of fused-ring (bicyclic) bond motifs is 1. The molecule has 0 aliphatic rings. The summed E-state index contributed by atoms with van der Waals surface area (Å²) in [4.78, 5) is 4.42. The first-order valence-electron chi connectivity index (χ1n) is 5.40. The Labute approximate surface area is 126 Å². The van der Waals surface area contributed by atoms with Crippen molar-refractivity contribution in [3.63, 3.8) is 0 Å². The van der Waals surface area contributed by atoms with Crippen LogP contribution in [0.15, 0.2) is 40.9 Å². The van der Waals surface area contributed by atoms with E-state index in [0.29, 0.717) is 15.8 Å². The second-order valence-corrected chi connectivity index (χ2v) is 6.20. The summed E-state index contributed by atoms with van der Waals surface area (Å²) in [7, 11) is 0. The molecule has 0 aliphatic heterocycles. The first-order valence-corrected chi connectivity index (χ1v) is 7.39. The number of halogens is 3. The molecular formula is C13H7BrClFN2S. The van der Waals surface area contributed by atoms with Crippen molar-refractivity contribution in [1.82, 2.24) is 4.98 Å². The van der Waals surface area contributed by atoms with Gasteiger partial charge in [-0.1, -0.05) is 22.9 Å². The van der Waals surface area contributed by atoms with E-state index in [1.165, 1.54) is 23.5 Å². The van der Waals surface area contributed by atoms with Gasteiger partial charge in [0.25, 0.3) is 0 Å². The average Bonchev–Trinajstić information content (AvgIpc) is 2.75. The van der Waals surface area contributed by atoms with Gasteiger partial charge < -0.3 is 5.32 Å². The van der Waals surface area contributed by atoms with Gasteiger partial charge in [0.1, 0.15) is 5.82 Å². The summed E-state index contributed by atoms with van der Waals surface area (Å²) >= 11 is 10.8. The maximum Gasteiger partial charge on any atom is 0.188 e. The normalized spacial score (nSPS) is 10.9. The molecule has 6 heteroatoms. The van der Waals surface area contributed by atoms with Gasteiger partial charge in [0.15, 0.2) is 5.13 Å². The zero-order chi connectivity index (χ0) is 13.4. The van der Waals surface area contributed by atoms with Crippen LogP contribution in [0.3, 0.4) is 0 Å². The third-order valence-electron chi connectivity index (χ3n) is 2.52. The molecule has 0 radical (unpaired) electrons. The van der Waals surface area contributed by atoms with Gasteiger partial charge in [-0.2, -0.15) is 0 Å². The van der Waals surface area contributed by atoms with Crippen LogP contribution in [0.1, 0.15) is 0 Å². The van der Waals surface area contributed by atoms with Crippen molar-refractivity contribution < 1.29 is 4.39 Å². The lowest BCUT2D eigenvalue weighted by atomic mass is 10.3. The number of benzene rings is 2. The van der Waals surface area contributed by atoms with Gasteiger partial charge >= 0.3 is 0 Å². The van der Waals surface area contributed by atoms with Gasteiger partial charge in [0, 0.05) is 9.50 Å². The molecule has 1 N–H and O–H groups in total. The Bertz CT molecular complexity index is 759. The van der Waals surface area contributed by atoms with Crippen LogP contribution < -0.4 is 5.32 Å². The molecule has 2 nitrogen and oxygen atoms in total. The third kappa shape index (κ3) is 2.73. The molecule has 0 fully saturated rings. The Morgan fingerprint density at radius 3 is 2.89 bits per heavy atom. The molecule has 0 aliphatic carbocycles. The van der Waals surface area contributed by atoms with E-state index in [1.54, 1.807) is 12.1 Å². The number of rotatable bonds is 2. The Morgan fingerprint density at radius 2 is 2.05 bits per heavy atom. The van der Waals surface area contributed by atoms with Crippen LogP contribution in [0.25, 0.3) is 10.2 Å². The molecule has 3 rings (SSSR count). The topological polar surface area (TPSA) is 24.9 Å². The monoisotopic (exact) mass is 356 g/mol. The zero-order valence-corrected chi connectivity index (χ0v) is 12.6. The summed E-state index contributed by atoms with van der Waals surface area (Å²) in [6.45, 7) is 0.